The van der Waals surface area contributed by atoms with Crippen molar-refractivity contribution in [2.24, 2.45) is 10.9 Å². The molecular formula is C21H17N3O2S. The molecule has 1 unspecified atom stereocenters. The summed E-state index contributed by atoms with van der Waals surface area (Å²) in [6.07, 6.45) is 2.11. The van der Waals surface area contributed by atoms with Crippen molar-refractivity contribution in [2.45, 2.75) is 13.0 Å². The van der Waals surface area contributed by atoms with Gasteiger partial charge in [-0.2, -0.15) is 0 Å². The van der Waals surface area contributed by atoms with Gasteiger partial charge in [-0.25, -0.2) is 0 Å². The van der Waals surface area contributed by atoms with E-state index in [2.05, 4.69) is 33.8 Å². The molecule has 1 saturated heterocycles. The Hall–Kier alpha value is -2.99. The maximum absolute atomic E-state index is 12.5. The third kappa shape index (κ3) is 2.92. The first-order valence-corrected chi connectivity index (χ1v) is 9.72. The fourth-order valence-corrected chi connectivity index (χ4v) is 4.77. The number of hydrogen-bond donors (Lipinski definition) is 2. The summed E-state index contributed by atoms with van der Waals surface area (Å²) in [6, 6.07) is 14.5. The molecule has 0 aliphatic carbocycles. The Kier molecular flexibility index (Phi) is 3.79. The number of aliphatic imine (C=N–C) groups is 1. The van der Waals surface area contributed by atoms with Crippen LogP contribution in [0.4, 0.5) is 5.69 Å². The Bertz CT molecular complexity index is 1080. The molecule has 2 N–H and O–H groups in total. The molecule has 2 aromatic carbocycles. The van der Waals surface area contributed by atoms with Gasteiger partial charge in [0.15, 0.2) is 0 Å². The van der Waals surface area contributed by atoms with E-state index in [4.69, 9.17) is 0 Å². The van der Waals surface area contributed by atoms with E-state index in [0.717, 1.165) is 16.8 Å². The van der Waals surface area contributed by atoms with Gasteiger partial charge in [0, 0.05) is 40.0 Å². The second-order valence-corrected chi connectivity index (χ2v) is 7.99. The van der Waals surface area contributed by atoms with Crippen LogP contribution in [0.3, 0.4) is 0 Å². The Morgan fingerprint density at radius 2 is 2.11 bits per heavy atom. The van der Waals surface area contributed by atoms with Gasteiger partial charge in [0.05, 0.1) is 12.5 Å². The van der Waals surface area contributed by atoms with Crippen LogP contribution in [0, 0.1) is 5.92 Å². The third-order valence-corrected chi connectivity index (χ3v) is 6.22. The molecule has 1 aromatic heterocycles. The van der Waals surface area contributed by atoms with E-state index < -0.39 is 0 Å². The smallest absolute Gasteiger partial charge is 0.229 e. The molecule has 134 valence electrons. The minimum atomic E-state index is -0.313. The molecule has 27 heavy (non-hydrogen) atoms. The van der Waals surface area contributed by atoms with Gasteiger partial charge in [-0.3, -0.25) is 14.6 Å². The van der Waals surface area contributed by atoms with Gasteiger partial charge < -0.3 is 10.6 Å². The molecule has 0 bridgehead atoms. The second kappa shape index (κ2) is 6.32. The lowest BCUT2D eigenvalue weighted by Gasteiger charge is -2.13. The standard InChI is InChI=1S/C21H17N3O2S/c25-20-7-14(10-23-20)21(26)24-15-5-13-9-22-11-17(13)16(8-15)19-6-12-3-1-2-4-18(12)27-19/h1-6,8-9,14H,7,10-11H2,(H,23,25)(H,24,26). The summed E-state index contributed by atoms with van der Waals surface area (Å²) < 4.78 is 1.24. The van der Waals surface area contributed by atoms with Gasteiger partial charge in [-0.1, -0.05) is 18.2 Å². The number of nitrogens with zero attached hydrogens (tertiary/aromatic N) is 1. The highest BCUT2D eigenvalue weighted by Crippen LogP contribution is 2.39. The summed E-state index contributed by atoms with van der Waals surface area (Å²) in [5.41, 5.74) is 4.10. The Balaban J connectivity index is 1.52. The van der Waals surface area contributed by atoms with Crippen molar-refractivity contribution in [3.05, 3.63) is 53.6 Å². The molecule has 2 amide bonds. The van der Waals surface area contributed by atoms with Crippen LogP contribution in [0.5, 0.6) is 0 Å². The second-order valence-electron chi connectivity index (χ2n) is 6.90. The van der Waals surface area contributed by atoms with Crippen molar-refractivity contribution < 1.29 is 9.59 Å². The van der Waals surface area contributed by atoms with Crippen molar-refractivity contribution in [1.82, 2.24) is 5.32 Å². The van der Waals surface area contributed by atoms with Crippen molar-refractivity contribution in [3.63, 3.8) is 0 Å². The molecule has 0 radical (unpaired) electrons. The fourth-order valence-electron chi connectivity index (χ4n) is 3.66. The number of amides is 2. The van der Waals surface area contributed by atoms with Crippen LogP contribution in [-0.2, 0) is 16.1 Å². The predicted molar refractivity (Wildman–Crippen MR) is 108 cm³/mol. The van der Waals surface area contributed by atoms with Gasteiger partial charge in [0.2, 0.25) is 11.8 Å². The zero-order valence-electron chi connectivity index (χ0n) is 14.5. The van der Waals surface area contributed by atoms with Crippen LogP contribution in [0.25, 0.3) is 20.5 Å². The lowest BCUT2D eigenvalue weighted by Crippen LogP contribution is -2.24. The molecule has 1 fully saturated rings. The van der Waals surface area contributed by atoms with Crippen molar-refractivity contribution >= 4 is 45.1 Å². The molecule has 5 rings (SSSR count). The molecule has 6 heteroatoms. The number of benzene rings is 2. The van der Waals surface area contributed by atoms with Crippen LogP contribution < -0.4 is 10.6 Å². The summed E-state index contributed by atoms with van der Waals surface area (Å²) >= 11 is 1.75. The number of anilines is 1. The first kappa shape index (κ1) is 16.2. The summed E-state index contributed by atoms with van der Waals surface area (Å²) in [4.78, 5) is 29.5. The van der Waals surface area contributed by atoms with E-state index in [0.29, 0.717) is 13.1 Å². The first-order valence-electron chi connectivity index (χ1n) is 8.90. The molecule has 0 spiro atoms. The van der Waals surface area contributed by atoms with Crippen molar-refractivity contribution in [3.8, 4) is 10.4 Å². The van der Waals surface area contributed by atoms with E-state index in [1.165, 1.54) is 20.5 Å². The first-order chi connectivity index (χ1) is 13.2. The van der Waals surface area contributed by atoms with Gasteiger partial charge in [0.1, 0.15) is 0 Å². The molecule has 2 aliphatic heterocycles. The SMILES string of the molecule is O=C1CC(C(=O)Nc2cc3c(c(-c4cc5ccccc5s4)c2)CN=C3)CN1. The zero-order chi connectivity index (χ0) is 18.4. The molecule has 5 nitrogen and oxygen atoms in total. The van der Waals surface area contributed by atoms with Crippen LogP contribution in [0.2, 0.25) is 0 Å². The fraction of sp³-hybridized carbons (Fsp3) is 0.190. The Morgan fingerprint density at radius 3 is 2.93 bits per heavy atom. The molecule has 3 heterocycles. The van der Waals surface area contributed by atoms with Gasteiger partial charge >= 0.3 is 0 Å². The number of rotatable bonds is 3. The number of carbonyl (C=O) groups excluding carboxylic acids is 2. The summed E-state index contributed by atoms with van der Waals surface area (Å²) in [5, 5.41) is 6.92. The monoisotopic (exact) mass is 375 g/mol. The number of thiophene rings is 1. The summed E-state index contributed by atoms with van der Waals surface area (Å²) in [5.74, 6) is -0.500. The highest BCUT2D eigenvalue weighted by atomic mass is 32.1. The van der Waals surface area contributed by atoms with Crippen LogP contribution in [0.15, 0.2) is 47.5 Å². The van der Waals surface area contributed by atoms with Crippen LogP contribution in [0.1, 0.15) is 17.5 Å². The lowest BCUT2D eigenvalue weighted by atomic mass is 10.00. The Morgan fingerprint density at radius 1 is 1.22 bits per heavy atom. The highest BCUT2D eigenvalue weighted by molar-refractivity contribution is 7.22. The third-order valence-electron chi connectivity index (χ3n) is 5.07. The van der Waals surface area contributed by atoms with Gasteiger partial charge in [-0.05, 0) is 40.8 Å². The molecule has 3 aromatic rings. The van der Waals surface area contributed by atoms with Crippen LogP contribution in [-0.4, -0.2) is 24.6 Å². The summed E-state index contributed by atoms with van der Waals surface area (Å²) in [7, 11) is 0. The molecule has 0 saturated carbocycles. The van der Waals surface area contributed by atoms with E-state index in [-0.39, 0.29) is 24.2 Å². The van der Waals surface area contributed by atoms with Crippen molar-refractivity contribution in [2.75, 3.05) is 11.9 Å². The minimum Gasteiger partial charge on any atom is -0.355 e. The topological polar surface area (TPSA) is 70.6 Å². The predicted octanol–water partition coefficient (Wildman–Crippen LogP) is 3.58. The lowest BCUT2D eigenvalue weighted by molar-refractivity contribution is -0.123. The van der Waals surface area contributed by atoms with E-state index in [9.17, 15) is 9.59 Å². The Labute approximate surface area is 160 Å². The van der Waals surface area contributed by atoms with E-state index in [1.807, 2.05) is 30.5 Å². The average Bonchev–Trinajstić information content (AvgIpc) is 3.39. The normalized spacial score (nSPS) is 17.9. The van der Waals surface area contributed by atoms with Crippen LogP contribution >= 0.6 is 11.3 Å². The number of hydrogen-bond acceptors (Lipinski definition) is 4. The molecule has 1 atom stereocenters. The summed E-state index contributed by atoms with van der Waals surface area (Å²) in [6.45, 7) is 1.06. The average molecular weight is 375 g/mol. The number of nitrogens with one attached hydrogen (secondary N) is 2. The number of fused-ring (bicyclic) bond motifs is 2. The quantitative estimate of drug-likeness (QED) is 0.735. The highest BCUT2D eigenvalue weighted by Gasteiger charge is 2.28. The van der Waals surface area contributed by atoms with Crippen molar-refractivity contribution in [1.29, 1.82) is 0 Å². The van der Waals surface area contributed by atoms with Gasteiger partial charge in [0.25, 0.3) is 0 Å². The van der Waals surface area contributed by atoms with Gasteiger partial charge in [-0.15, -0.1) is 11.3 Å². The number of carbonyl (C=O) groups is 2. The zero-order valence-corrected chi connectivity index (χ0v) is 15.3. The maximum Gasteiger partial charge on any atom is 0.229 e. The molecule has 2 aliphatic rings. The van der Waals surface area contributed by atoms with E-state index >= 15 is 0 Å². The largest absolute Gasteiger partial charge is 0.355 e. The van der Waals surface area contributed by atoms with E-state index in [1.54, 1.807) is 11.3 Å². The maximum atomic E-state index is 12.5. The minimum absolute atomic E-state index is 0.0674. The molecular weight excluding hydrogens is 358 g/mol.